The summed E-state index contributed by atoms with van der Waals surface area (Å²) in [6, 6.07) is 9.14. The van der Waals surface area contributed by atoms with E-state index in [2.05, 4.69) is 10.6 Å². The van der Waals surface area contributed by atoms with E-state index in [1.165, 1.54) is 11.3 Å². The molecular formula is C18H18N2O4S2. The van der Waals surface area contributed by atoms with E-state index in [0.717, 1.165) is 19.5 Å². The van der Waals surface area contributed by atoms with Gasteiger partial charge in [0.25, 0.3) is 5.91 Å². The number of hydrogen-bond acceptors (Lipinski definition) is 6. The van der Waals surface area contributed by atoms with Crippen molar-refractivity contribution in [3.63, 3.8) is 0 Å². The normalized spacial score (nSPS) is 11.5. The highest BCUT2D eigenvalue weighted by Crippen LogP contribution is 2.39. The van der Waals surface area contributed by atoms with Crippen LogP contribution in [-0.2, 0) is 9.53 Å². The molecule has 0 aliphatic heterocycles. The Morgan fingerprint density at radius 2 is 1.81 bits per heavy atom. The highest BCUT2D eigenvalue weighted by Gasteiger charge is 2.19. The molecule has 8 heteroatoms. The summed E-state index contributed by atoms with van der Waals surface area (Å²) >= 11 is 2.95. The van der Waals surface area contributed by atoms with Crippen LogP contribution in [0.25, 0.3) is 19.5 Å². The van der Waals surface area contributed by atoms with Crippen LogP contribution in [0.3, 0.4) is 0 Å². The van der Waals surface area contributed by atoms with E-state index in [1.807, 2.05) is 24.3 Å². The lowest BCUT2D eigenvalue weighted by Crippen LogP contribution is -2.49. The molecule has 0 aliphatic carbocycles. The van der Waals surface area contributed by atoms with Gasteiger partial charge in [0.2, 0.25) is 0 Å². The molecule has 0 fully saturated rings. The molecule has 2 heterocycles. The zero-order valence-corrected chi connectivity index (χ0v) is 16.2. The second kappa shape index (κ2) is 7.05. The molecule has 0 aliphatic rings. The molecule has 136 valence electrons. The van der Waals surface area contributed by atoms with Gasteiger partial charge < -0.3 is 10.1 Å². The van der Waals surface area contributed by atoms with Crippen LogP contribution in [0.2, 0.25) is 0 Å². The maximum atomic E-state index is 12.2. The predicted octanol–water partition coefficient (Wildman–Crippen LogP) is 3.90. The van der Waals surface area contributed by atoms with Crippen molar-refractivity contribution in [2.24, 2.45) is 0 Å². The van der Waals surface area contributed by atoms with E-state index < -0.39 is 30.1 Å². The minimum atomic E-state index is -0.677. The van der Waals surface area contributed by atoms with Crippen LogP contribution in [0.4, 0.5) is 4.79 Å². The van der Waals surface area contributed by atoms with Gasteiger partial charge in [0.05, 0.1) is 4.70 Å². The van der Waals surface area contributed by atoms with Crippen LogP contribution in [-0.4, -0.2) is 30.1 Å². The van der Waals surface area contributed by atoms with Crippen molar-refractivity contribution in [3.05, 3.63) is 35.2 Å². The fraction of sp³-hybridized carbons (Fsp3) is 0.278. The van der Waals surface area contributed by atoms with Crippen molar-refractivity contribution in [2.75, 3.05) is 6.61 Å². The van der Waals surface area contributed by atoms with Gasteiger partial charge in [-0.15, -0.1) is 22.7 Å². The maximum Gasteiger partial charge on any atom is 0.348 e. The predicted molar refractivity (Wildman–Crippen MR) is 104 cm³/mol. The second-order valence-electron chi connectivity index (χ2n) is 6.73. The van der Waals surface area contributed by atoms with Gasteiger partial charge in [-0.1, -0.05) is 18.2 Å². The number of esters is 1. The summed E-state index contributed by atoms with van der Waals surface area (Å²) in [6.45, 7) is 4.87. The lowest BCUT2D eigenvalue weighted by Gasteiger charge is -2.20. The number of imide groups is 1. The average Bonchev–Trinajstić information content (AvgIpc) is 3.08. The summed E-state index contributed by atoms with van der Waals surface area (Å²) in [7, 11) is 0. The molecule has 1 aromatic carbocycles. The Morgan fingerprint density at radius 1 is 1.08 bits per heavy atom. The molecule has 3 aromatic rings. The zero-order valence-electron chi connectivity index (χ0n) is 14.5. The van der Waals surface area contributed by atoms with Gasteiger partial charge in [0, 0.05) is 20.3 Å². The molecule has 6 nitrogen and oxygen atoms in total. The van der Waals surface area contributed by atoms with Crippen molar-refractivity contribution in [3.8, 4) is 0 Å². The quantitative estimate of drug-likeness (QED) is 0.665. The molecule has 26 heavy (non-hydrogen) atoms. The number of hydrogen-bond donors (Lipinski definition) is 2. The molecule has 0 saturated carbocycles. The summed E-state index contributed by atoms with van der Waals surface area (Å²) in [6.07, 6.45) is 0. The van der Waals surface area contributed by atoms with Crippen LogP contribution in [0.5, 0.6) is 0 Å². The molecular weight excluding hydrogens is 372 g/mol. The molecule has 2 aromatic heterocycles. The van der Waals surface area contributed by atoms with Crippen molar-refractivity contribution in [2.45, 2.75) is 26.3 Å². The van der Waals surface area contributed by atoms with Crippen molar-refractivity contribution >= 4 is 60.1 Å². The number of rotatable bonds is 3. The van der Waals surface area contributed by atoms with Crippen molar-refractivity contribution < 1.29 is 19.1 Å². The van der Waals surface area contributed by atoms with E-state index in [-0.39, 0.29) is 0 Å². The molecule has 2 N–H and O–H groups in total. The summed E-state index contributed by atoms with van der Waals surface area (Å²) in [5.74, 6) is -1.25. The number of carbonyl (C=O) groups excluding carboxylic acids is 3. The van der Waals surface area contributed by atoms with E-state index in [0.29, 0.717) is 4.88 Å². The van der Waals surface area contributed by atoms with Crippen LogP contribution >= 0.6 is 22.7 Å². The number of urea groups is 1. The number of fused-ring (bicyclic) bond motifs is 3. The average molecular weight is 390 g/mol. The number of thiophene rings is 2. The first-order valence-electron chi connectivity index (χ1n) is 7.93. The van der Waals surface area contributed by atoms with Crippen LogP contribution < -0.4 is 10.6 Å². The van der Waals surface area contributed by atoms with Crippen molar-refractivity contribution in [1.82, 2.24) is 10.6 Å². The Kier molecular flexibility index (Phi) is 4.97. The monoisotopic (exact) mass is 390 g/mol. The lowest BCUT2D eigenvalue weighted by molar-refractivity contribution is -0.123. The van der Waals surface area contributed by atoms with Crippen molar-refractivity contribution in [1.29, 1.82) is 0 Å². The van der Waals surface area contributed by atoms with Gasteiger partial charge in [-0.3, -0.25) is 10.1 Å². The number of carbonyl (C=O) groups is 3. The van der Waals surface area contributed by atoms with E-state index in [4.69, 9.17) is 4.74 Å². The van der Waals surface area contributed by atoms with Crippen LogP contribution in [0, 0.1) is 0 Å². The number of amides is 3. The molecule has 0 bridgehead atoms. The summed E-state index contributed by atoms with van der Waals surface area (Å²) in [5.41, 5.74) is -0.466. The van der Waals surface area contributed by atoms with E-state index in [9.17, 15) is 14.4 Å². The highest BCUT2D eigenvalue weighted by molar-refractivity contribution is 7.33. The third kappa shape index (κ3) is 4.20. The Bertz CT molecular complexity index is 998. The maximum absolute atomic E-state index is 12.2. The van der Waals surface area contributed by atoms with Gasteiger partial charge in [-0.05, 0) is 32.9 Å². The van der Waals surface area contributed by atoms with Crippen LogP contribution in [0.15, 0.2) is 30.3 Å². The van der Waals surface area contributed by atoms with Gasteiger partial charge in [-0.2, -0.15) is 0 Å². The van der Waals surface area contributed by atoms with Crippen LogP contribution in [0.1, 0.15) is 30.4 Å². The van der Waals surface area contributed by atoms with E-state index in [1.54, 1.807) is 38.2 Å². The Morgan fingerprint density at radius 3 is 2.54 bits per heavy atom. The SMILES string of the molecule is CC(C)(C)NC(=O)NC(=O)COC(=O)c1cc2sc3ccccc3c2s1. The van der Waals surface area contributed by atoms with Gasteiger partial charge >= 0.3 is 12.0 Å². The first-order valence-corrected chi connectivity index (χ1v) is 9.56. The zero-order chi connectivity index (χ0) is 18.9. The molecule has 0 atom stereocenters. The Hall–Kier alpha value is -2.45. The third-order valence-electron chi connectivity index (χ3n) is 3.33. The number of nitrogens with one attached hydrogen (secondary N) is 2. The highest BCUT2D eigenvalue weighted by atomic mass is 32.1. The second-order valence-corrected chi connectivity index (χ2v) is 8.87. The first-order chi connectivity index (χ1) is 12.2. The van der Waals surface area contributed by atoms with Gasteiger partial charge in [0.15, 0.2) is 6.61 Å². The minimum absolute atomic E-state index is 0.434. The van der Waals surface area contributed by atoms with Gasteiger partial charge in [-0.25, -0.2) is 9.59 Å². The fourth-order valence-electron chi connectivity index (χ4n) is 2.34. The third-order valence-corrected chi connectivity index (χ3v) is 5.72. The summed E-state index contributed by atoms with van der Waals surface area (Å²) in [5, 5.41) is 5.83. The molecule has 0 unspecified atom stereocenters. The number of benzene rings is 1. The summed E-state index contributed by atoms with van der Waals surface area (Å²) in [4.78, 5) is 36.0. The summed E-state index contributed by atoms with van der Waals surface area (Å²) < 4.78 is 8.23. The molecule has 0 spiro atoms. The fourth-order valence-corrected chi connectivity index (χ4v) is 4.76. The number of ether oxygens (including phenoxy) is 1. The molecule has 3 amide bonds. The molecule has 0 radical (unpaired) electrons. The minimum Gasteiger partial charge on any atom is -0.451 e. The Balaban J connectivity index is 1.60. The Labute approximate surface area is 158 Å². The smallest absolute Gasteiger partial charge is 0.348 e. The first kappa shape index (κ1) is 18.3. The largest absolute Gasteiger partial charge is 0.451 e. The lowest BCUT2D eigenvalue weighted by atomic mass is 10.1. The topological polar surface area (TPSA) is 84.5 Å². The molecule has 0 saturated heterocycles. The molecule has 3 rings (SSSR count). The standard InChI is InChI=1S/C18H18N2O4S2/c1-18(2,3)20-17(23)19-14(21)9-24-16(22)13-8-12-15(26-13)10-6-4-5-7-11(10)25-12/h4-8H,9H2,1-3H3,(H2,19,20,21,23). The van der Waals surface area contributed by atoms with Gasteiger partial charge in [0.1, 0.15) is 4.88 Å². The van der Waals surface area contributed by atoms with E-state index >= 15 is 0 Å².